The first kappa shape index (κ1) is 21.2. The number of aryl methyl sites for hydroxylation is 1. The van der Waals surface area contributed by atoms with Crippen molar-refractivity contribution in [2.75, 3.05) is 45.2 Å². The van der Waals surface area contributed by atoms with Crippen molar-refractivity contribution in [3.05, 3.63) is 47.5 Å². The van der Waals surface area contributed by atoms with E-state index in [0.29, 0.717) is 18.7 Å². The lowest BCUT2D eigenvalue weighted by molar-refractivity contribution is -0.132. The average molecular weight is 423 g/mol. The fraction of sp³-hybridized carbons (Fsp3) is 0.522. The van der Waals surface area contributed by atoms with Gasteiger partial charge in [-0.1, -0.05) is 0 Å². The Kier molecular flexibility index (Phi) is 6.15. The minimum Gasteiger partial charge on any atom is -0.349 e. The molecule has 2 aliphatic heterocycles. The van der Waals surface area contributed by atoms with Gasteiger partial charge in [0.1, 0.15) is 0 Å². The molecular weight excluding hydrogens is 392 g/mol. The molecule has 0 aliphatic carbocycles. The van der Waals surface area contributed by atoms with E-state index >= 15 is 0 Å². The van der Waals surface area contributed by atoms with Crippen LogP contribution in [0.5, 0.6) is 0 Å². The minimum atomic E-state index is -0.329. The van der Waals surface area contributed by atoms with Gasteiger partial charge in [0.2, 0.25) is 11.9 Å². The zero-order valence-corrected chi connectivity index (χ0v) is 18.5. The van der Waals surface area contributed by atoms with Gasteiger partial charge >= 0.3 is 0 Å². The molecule has 2 amide bonds. The van der Waals surface area contributed by atoms with Crippen molar-refractivity contribution in [3.63, 3.8) is 0 Å². The Labute approximate surface area is 183 Å². The molecule has 0 bridgehead atoms. The molecule has 2 aromatic rings. The monoisotopic (exact) mass is 422 g/mol. The fourth-order valence-corrected chi connectivity index (χ4v) is 4.55. The molecule has 0 N–H and O–H groups in total. The van der Waals surface area contributed by atoms with Crippen molar-refractivity contribution in [1.29, 1.82) is 0 Å². The summed E-state index contributed by atoms with van der Waals surface area (Å²) in [6, 6.07) is 3.63. The maximum Gasteiger partial charge on any atom is 0.254 e. The molecule has 2 aliphatic rings. The van der Waals surface area contributed by atoms with Crippen LogP contribution in [0, 0.1) is 12.8 Å². The molecule has 0 unspecified atom stereocenters. The van der Waals surface area contributed by atoms with Crippen molar-refractivity contribution in [1.82, 2.24) is 24.8 Å². The molecule has 0 saturated carbocycles. The lowest BCUT2D eigenvalue weighted by atomic mass is 9.91. The molecule has 8 heteroatoms. The Balaban J connectivity index is 1.62. The minimum absolute atomic E-state index is 0.0184. The van der Waals surface area contributed by atoms with Gasteiger partial charge < -0.3 is 14.7 Å². The first-order valence-corrected chi connectivity index (χ1v) is 10.9. The summed E-state index contributed by atoms with van der Waals surface area (Å²) < 4.78 is 0. The molecule has 164 valence electrons. The number of hydrogen-bond donors (Lipinski definition) is 0. The Morgan fingerprint density at radius 3 is 2.55 bits per heavy atom. The first-order valence-electron chi connectivity index (χ1n) is 10.9. The highest BCUT2D eigenvalue weighted by atomic mass is 16.2. The molecule has 2 atom stereocenters. The number of piperidine rings is 1. The number of rotatable bonds is 4. The largest absolute Gasteiger partial charge is 0.349 e. The second-order valence-corrected chi connectivity index (χ2v) is 8.68. The topological polar surface area (TPSA) is 82.5 Å². The number of amides is 2. The van der Waals surface area contributed by atoms with Gasteiger partial charge in [-0.25, -0.2) is 9.97 Å². The van der Waals surface area contributed by atoms with Crippen LogP contribution in [-0.2, 0) is 4.79 Å². The zero-order valence-electron chi connectivity index (χ0n) is 18.5. The smallest absolute Gasteiger partial charge is 0.254 e. The van der Waals surface area contributed by atoms with Gasteiger partial charge in [0, 0.05) is 70.3 Å². The third-order valence-corrected chi connectivity index (χ3v) is 6.30. The molecule has 31 heavy (non-hydrogen) atoms. The number of hydrogen-bond acceptors (Lipinski definition) is 6. The summed E-state index contributed by atoms with van der Waals surface area (Å²) in [7, 11) is 3.52. The molecule has 0 radical (unpaired) electrons. The summed E-state index contributed by atoms with van der Waals surface area (Å²) in [6.07, 6.45) is 8.63. The molecule has 0 spiro atoms. The van der Waals surface area contributed by atoms with Crippen LogP contribution in [0.4, 0.5) is 5.95 Å². The van der Waals surface area contributed by atoms with E-state index in [0.717, 1.165) is 43.1 Å². The van der Waals surface area contributed by atoms with Crippen molar-refractivity contribution in [3.8, 4) is 0 Å². The molecule has 8 nitrogen and oxygen atoms in total. The maximum atomic E-state index is 13.2. The lowest BCUT2D eigenvalue weighted by Crippen LogP contribution is -2.35. The maximum absolute atomic E-state index is 13.2. The molecule has 4 rings (SSSR count). The zero-order chi connectivity index (χ0) is 22.0. The number of carbonyl (C=O) groups excluding carboxylic acids is 2. The van der Waals surface area contributed by atoms with E-state index in [2.05, 4.69) is 14.9 Å². The third kappa shape index (κ3) is 4.38. The van der Waals surface area contributed by atoms with Crippen LogP contribution in [0.25, 0.3) is 0 Å². The predicted octanol–water partition coefficient (Wildman–Crippen LogP) is 2.11. The number of pyridine rings is 1. The highest BCUT2D eigenvalue weighted by Gasteiger charge is 2.42. The van der Waals surface area contributed by atoms with Crippen molar-refractivity contribution < 1.29 is 9.59 Å². The summed E-state index contributed by atoms with van der Waals surface area (Å²) in [5.74, 6) is 0.190. The number of carbonyl (C=O) groups is 2. The van der Waals surface area contributed by atoms with Crippen molar-refractivity contribution >= 4 is 17.8 Å². The normalized spacial score (nSPS) is 21.3. The molecule has 2 saturated heterocycles. The quantitative estimate of drug-likeness (QED) is 0.751. The van der Waals surface area contributed by atoms with Crippen LogP contribution in [-0.4, -0.2) is 76.8 Å². The molecule has 4 heterocycles. The Morgan fingerprint density at radius 1 is 1.06 bits per heavy atom. The van der Waals surface area contributed by atoms with E-state index in [9.17, 15) is 9.59 Å². The first-order chi connectivity index (χ1) is 15.0. The van der Waals surface area contributed by atoms with E-state index in [1.165, 1.54) is 6.42 Å². The highest BCUT2D eigenvalue weighted by molar-refractivity contribution is 5.96. The molecule has 2 fully saturated rings. The number of anilines is 1. The Bertz CT molecular complexity index is 957. The van der Waals surface area contributed by atoms with E-state index in [1.807, 2.05) is 13.0 Å². The van der Waals surface area contributed by atoms with Crippen molar-refractivity contribution in [2.24, 2.45) is 5.92 Å². The van der Waals surface area contributed by atoms with E-state index < -0.39 is 0 Å². The molecular formula is C23H30N6O2. The van der Waals surface area contributed by atoms with Crippen LogP contribution >= 0.6 is 0 Å². The number of nitrogens with zero attached hydrogens (tertiary/aromatic N) is 6. The third-order valence-electron chi connectivity index (χ3n) is 6.30. The van der Waals surface area contributed by atoms with Gasteiger partial charge in [0.15, 0.2) is 0 Å². The van der Waals surface area contributed by atoms with Gasteiger partial charge in [-0.2, -0.15) is 0 Å². The SMILES string of the molecule is Cc1cnccc1C(=O)N1C[C@H](C(=O)N(C)C)[C@@H](c2ccnc(N3CCCCC3)n2)C1. The molecule has 2 aromatic heterocycles. The lowest BCUT2D eigenvalue weighted by Gasteiger charge is -2.27. The number of aromatic nitrogens is 3. The summed E-state index contributed by atoms with van der Waals surface area (Å²) >= 11 is 0. The Morgan fingerprint density at radius 2 is 1.84 bits per heavy atom. The van der Waals surface area contributed by atoms with Crippen LogP contribution < -0.4 is 4.90 Å². The van der Waals surface area contributed by atoms with Crippen LogP contribution in [0.3, 0.4) is 0 Å². The summed E-state index contributed by atoms with van der Waals surface area (Å²) in [4.78, 5) is 45.3. The van der Waals surface area contributed by atoms with Gasteiger partial charge in [-0.3, -0.25) is 14.6 Å². The standard InChI is InChI=1S/C23H30N6O2/c1-16-13-24-9-7-17(16)22(31)29-14-18(19(15-29)21(30)27(2)3)20-8-10-25-23(26-20)28-11-5-4-6-12-28/h7-10,13,18-19H,4-6,11-12,14-15H2,1-3H3/t18-,19-/m0/s1. The second kappa shape index (κ2) is 8.99. The number of likely N-dealkylation sites (tertiary alicyclic amines) is 1. The van der Waals surface area contributed by atoms with Gasteiger partial charge in [0.25, 0.3) is 5.91 Å². The van der Waals surface area contributed by atoms with E-state index in [4.69, 9.17) is 4.98 Å². The van der Waals surface area contributed by atoms with Gasteiger partial charge in [-0.05, 0) is 43.9 Å². The average Bonchev–Trinajstić information content (AvgIpc) is 3.24. The second-order valence-electron chi connectivity index (χ2n) is 8.68. The summed E-state index contributed by atoms with van der Waals surface area (Å²) in [5, 5.41) is 0. The van der Waals surface area contributed by atoms with E-state index in [-0.39, 0.29) is 23.7 Å². The van der Waals surface area contributed by atoms with Crippen molar-refractivity contribution in [2.45, 2.75) is 32.1 Å². The highest BCUT2D eigenvalue weighted by Crippen LogP contribution is 2.34. The molecule has 0 aromatic carbocycles. The van der Waals surface area contributed by atoms with E-state index in [1.54, 1.807) is 48.6 Å². The Hall–Kier alpha value is -3.03. The fourth-order valence-electron chi connectivity index (χ4n) is 4.55. The summed E-state index contributed by atoms with van der Waals surface area (Å²) in [6.45, 7) is 4.64. The van der Waals surface area contributed by atoms with Crippen LogP contribution in [0.1, 0.15) is 46.8 Å². The van der Waals surface area contributed by atoms with Gasteiger partial charge in [0.05, 0.1) is 11.6 Å². The van der Waals surface area contributed by atoms with Crippen LogP contribution in [0.2, 0.25) is 0 Å². The van der Waals surface area contributed by atoms with Crippen LogP contribution in [0.15, 0.2) is 30.7 Å². The summed E-state index contributed by atoms with van der Waals surface area (Å²) in [5.41, 5.74) is 2.29. The predicted molar refractivity (Wildman–Crippen MR) is 118 cm³/mol. The van der Waals surface area contributed by atoms with Gasteiger partial charge in [-0.15, -0.1) is 0 Å².